The van der Waals surface area contributed by atoms with Gasteiger partial charge in [0.05, 0.1) is 6.04 Å². The first-order valence-electron chi connectivity index (χ1n) is 9.58. The van der Waals surface area contributed by atoms with Crippen molar-refractivity contribution >= 4 is 36.0 Å². The van der Waals surface area contributed by atoms with Gasteiger partial charge in [0.25, 0.3) is 0 Å². The molecule has 1 heterocycles. The van der Waals surface area contributed by atoms with E-state index >= 15 is 0 Å². The Labute approximate surface area is 175 Å². The minimum absolute atomic E-state index is 0. The predicted octanol–water partition coefficient (Wildman–Crippen LogP) is 3.67. The van der Waals surface area contributed by atoms with E-state index in [1.807, 2.05) is 20.8 Å². The van der Waals surface area contributed by atoms with Crippen LogP contribution in [0.15, 0.2) is 16.6 Å². The lowest BCUT2D eigenvalue weighted by molar-refractivity contribution is 0.0507. The molecule has 26 heavy (non-hydrogen) atoms. The Bertz CT molecular complexity index is 514. The van der Waals surface area contributed by atoms with E-state index in [0.29, 0.717) is 0 Å². The maximum absolute atomic E-state index is 11.9. The molecule has 150 valence electrons. The van der Waals surface area contributed by atoms with E-state index in [0.717, 1.165) is 45.0 Å². The summed E-state index contributed by atoms with van der Waals surface area (Å²) in [5.41, 5.74) is 1.08. The van der Waals surface area contributed by atoms with E-state index in [4.69, 9.17) is 9.73 Å². The van der Waals surface area contributed by atoms with Crippen LogP contribution < -0.4 is 10.6 Å². The molecule has 1 aliphatic heterocycles. The summed E-state index contributed by atoms with van der Waals surface area (Å²) in [7, 11) is 0. The summed E-state index contributed by atoms with van der Waals surface area (Å²) in [6, 6.07) is 0.108. The van der Waals surface area contributed by atoms with E-state index in [-0.39, 0.29) is 36.1 Å². The standard InChI is InChI=1S/C19H34N4O2.HI/c1-5-20-17(21-12-10-15-8-6-7-9-15)23-13-11-16(14-23)22-18(24)25-19(2,3)4;/h8,16H,5-7,9-14H2,1-4H3,(H,20,21)(H,22,24);1H/t16-;/m1./s1. The molecule has 0 aromatic rings. The van der Waals surface area contributed by atoms with Crippen molar-refractivity contribution in [1.82, 2.24) is 15.5 Å². The highest BCUT2D eigenvalue weighted by Crippen LogP contribution is 2.20. The van der Waals surface area contributed by atoms with E-state index < -0.39 is 5.60 Å². The topological polar surface area (TPSA) is 66.0 Å². The van der Waals surface area contributed by atoms with E-state index in [1.165, 1.54) is 19.3 Å². The maximum Gasteiger partial charge on any atom is 0.407 e. The smallest absolute Gasteiger partial charge is 0.407 e. The number of aliphatic imine (C=N–C) groups is 1. The SMILES string of the molecule is CCNC(=NCCC1=CCCC1)N1CC[C@@H](NC(=O)OC(C)(C)C)C1.I. The van der Waals surface area contributed by atoms with Crippen LogP contribution in [-0.2, 0) is 4.74 Å². The van der Waals surface area contributed by atoms with E-state index in [2.05, 4.69) is 28.5 Å². The van der Waals surface area contributed by atoms with Crippen LogP contribution in [0.2, 0.25) is 0 Å². The quantitative estimate of drug-likeness (QED) is 0.274. The number of hydrogen-bond donors (Lipinski definition) is 2. The number of guanidine groups is 1. The second-order valence-corrected chi connectivity index (χ2v) is 7.82. The van der Waals surface area contributed by atoms with Crippen molar-refractivity contribution in [2.45, 2.75) is 71.4 Å². The van der Waals surface area contributed by atoms with Gasteiger partial charge in [0.2, 0.25) is 0 Å². The molecule has 7 heteroatoms. The summed E-state index contributed by atoms with van der Waals surface area (Å²) >= 11 is 0. The van der Waals surface area contributed by atoms with Gasteiger partial charge in [0, 0.05) is 26.2 Å². The van der Waals surface area contributed by atoms with Crippen molar-refractivity contribution in [2.24, 2.45) is 4.99 Å². The van der Waals surface area contributed by atoms with Crippen LogP contribution in [-0.4, -0.2) is 54.8 Å². The van der Waals surface area contributed by atoms with Gasteiger partial charge in [0.1, 0.15) is 5.60 Å². The molecular formula is C19H35IN4O2. The average Bonchev–Trinajstić information content (AvgIpc) is 3.16. The number of nitrogens with one attached hydrogen (secondary N) is 2. The lowest BCUT2D eigenvalue weighted by Gasteiger charge is -2.23. The van der Waals surface area contributed by atoms with Crippen molar-refractivity contribution in [3.63, 3.8) is 0 Å². The minimum Gasteiger partial charge on any atom is -0.444 e. The number of carbonyl (C=O) groups excluding carboxylic acids is 1. The molecule has 0 spiro atoms. The Morgan fingerprint density at radius 3 is 2.81 bits per heavy atom. The van der Waals surface area contributed by atoms with Crippen LogP contribution in [0, 0.1) is 0 Å². The fourth-order valence-corrected chi connectivity index (χ4v) is 3.24. The van der Waals surface area contributed by atoms with Crippen LogP contribution in [0.25, 0.3) is 0 Å². The largest absolute Gasteiger partial charge is 0.444 e. The first kappa shape index (κ1) is 23.0. The number of likely N-dealkylation sites (tertiary alicyclic amines) is 1. The summed E-state index contributed by atoms with van der Waals surface area (Å²) in [5, 5.41) is 6.34. The summed E-state index contributed by atoms with van der Waals surface area (Å²) in [6.45, 7) is 11.1. The zero-order valence-corrected chi connectivity index (χ0v) is 19.0. The first-order chi connectivity index (χ1) is 11.9. The molecule has 0 saturated carbocycles. The van der Waals surface area contributed by atoms with Crippen molar-refractivity contribution in [1.29, 1.82) is 0 Å². The molecule has 2 rings (SSSR count). The lowest BCUT2D eigenvalue weighted by Crippen LogP contribution is -2.44. The fraction of sp³-hybridized carbons (Fsp3) is 0.789. The number of alkyl carbamates (subject to hydrolysis) is 1. The molecule has 2 aliphatic rings. The number of rotatable bonds is 5. The number of carbonyl (C=O) groups is 1. The van der Waals surface area contributed by atoms with Gasteiger partial charge in [-0.15, -0.1) is 24.0 Å². The zero-order valence-electron chi connectivity index (χ0n) is 16.6. The summed E-state index contributed by atoms with van der Waals surface area (Å²) in [4.78, 5) is 18.9. The Morgan fingerprint density at radius 2 is 2.19 bits per heavy atom. The van der Waals surface area contributed by atoms with Gasteiger partial charge in [-0.3, -0.25) is 4.99 Å². The number of hydrogen-bond acceptors (Lipinski definition) is 3. The van der Waals surface area contributed by atoms with Gasteiger partial charge < -0.3 is 20.3 Å². The van der Waals surface area contributed by atoms with E-state index in [9.17, 15) is 4.79 Å². The van der Waals surface area contributed by atoms with Crippen LogP contribution in [0.3, 0.4) is 0 Å². The molecule has 0 aromatic carbocycles. The molecule has 0 bridgehead atoms. The van der Waals surface area contributed by atoms with Gasteiger partial charge in [-0.1, -0.05) is 11.6 Å². The first-order valence-corrected chi connectivity index (χ1v) is 9.58. The molecule has 0 unspecified atom stereocenters. The Morgan fingerprint density at radius 1 is 1.42 bits per heavy atom. The predicted molar refractivity (Wildman–Crippen MR) is 117 cm³/mol. The lowest BCUT2D eigenvalue weighted by atomic mass is 10.2. The molecule has 2 N–H and O–H groups in total. The normalized spacial score (nSPS) is 20.5. The third-order valence-electron chi connectivity index (χ3n) is 4.37. The Hall–Kier alpha value is -0.990. The number of allylic oxidation sites excluding steroid dienone is 1. The highest BCUT2D eigenvalue weighted by Gasteiger charge is 2.27. The van der Waals surface area contributed by atoms with Crippen LogP contribution in [0.5, 0.6) is 0 Å². The molecule has 1 saturated heterocycles. The summed E-state index contributed by atoms with van der Waals surface area (Å²) in [5.74, 6) is 0.953. The Balaban J connectivity index is 0.00000338. The van der Waals surface area contributed by atoms with Crippen LogP contribution in [0.4, 0.5) is 4.79 Å². The van der Waals surface area contributed by atoms with Gasteiger partial charge in [-0.25, -0.2) is 4.79 Å². The fourth-order valence-electron chi connectivity index (χ4n) is 3.24. The van der Waals surface area contributed by atoms with Crippen molar-refractivity contribution in [2.75, 3.05) is 26.2 Å². The molecular weight excluding hydrogens is 443 g/mol. The second-order valence-electron chi connectivity index (χ2n) is 7.82. The number of halogens is 1. The number of ether oxygens (including phenoxy) is 1. The third kappa shape index (κ3) is 8.14. The maximum atomic E-state index is 11.9. The Kier molecular flexibility index (Phi) is 9.74. The van der Waals surface area contributed by atoms with Crippen LogP contribution >= 0.6 is 24.0 Å². The van der Waals surface area contributed by atoms with Gasteiger partial charge in [-0.05, 0) is 59.8 Å². The molecule has 1 atom stereocenters. The minimum atomic E-state index is -0.465. The summed E-state index contributed by atoms with van der Waals surface area (Å²) in [6.07, 6.45) is 7.75. The molecule has 6 nitrogen and oxygen atoms in total. The second kappa shape index (κ2) is 11.0. The number of nitrogens with zero attached hydrogens (tertiary/aromatic N) is 2. The summed E-state index contributed by atoms with van der Waals surface area (Å²) < 4.78 is 5.34. The highest BCUT2D eigenvalue weighted by atomic mass is 127. The molecule has 0 aromatic heterocycles. The molecule has 1 aliphatic carbocycles. The van der Waals surface area contributed by atoms with Gasteiger partial charge >= 0.3 is 6.09 Å². The van der Waals surface area contributed by atoms with Crippen LogP contribution in [0.1, 0.15) is 59.8 Å². The monoisotopic (exact) mass is 478 g/mol. The van der Waals surface area contributed by atoms with Gasteiger partial charge in [-0.2, -0.15) is 0 Å². The zero-order chi connectivity index (χ0) is 18.3. The molecule has 0 radical (unpaired) electrons. The third-order valence-corrected chi connectivity index (χ3v) is 4.37. The molecule has 1 fully saturated rings. The van der Waals surface area contributed by atoms with Crippen molar-refractivity contribution < 1.29 is 9.53 Å². The van der Waals surface area contributed by atoms with Crippen molar-refractivity contribution in [3.05, 3.63) is 11.6 Å². The van der Waals surface area contributed by atoms with Gasteiger partial charge in [0.15, 0.2) is 5.96 Å². The van der Waals surface area contributed by atoms with E-state index in [1.54, 1.807) is 5.57 Å². The van der Waals surface area contributed by atoms with Crippen molar-refractivity contribution in [3.8, 4) is 0 Å². The average molecular weight is 478 g/mol. The highest BCUT2D eigenvalue weighted by molar-refractivity contribution is 14.0. The molecule has 1 amide bonds. The number of amides is 1.